The van der Waals surface area contributed by atoms with Crippen molar-refractivity contribution in [2.75, 3.05) is 6.54 Å². The Balaban J connectivity index is 1.74. The van der Waals surface area contributed by atoms with E-state index in [2.05, 4.69) is 19.2 Å². The number of rotatable bonds is 3. The molecule has 3 nitrogen and oxygen atoms in total. The lowest BCUT2D eigenvalue weighted by Gasteiger charge is -2.35. The Bertz CT molecular complexity index is 300. The summed E-state index contributed by atoms with van der Waals surface area (Å²) in [6.07, 6.45) is 8.18. The number of aliphatic hydroxyl groups is 1. The molecule has 0 aromatic rings. The Morgan fingerprint density at radius 3 is 2.16 bits per heavy atom. The molecule has 0 atom stereocenters. The van der Waals surface area contributed by atoms with Gasteiger partial charge in [-0.1, -0.05) is 13.8 Å². The molecule has 2 aliphatic rings. The van der Waals surface area contributed by atoms with Crippen LogP contribution in [0.15, 0.2) is 0 Å². The van der Waals surface area contributed by atoms with Gasteiger partial charge in [0.05, 0.1) is 5.60 Å². The SMILES string of the molecule is CC1CCC(C(=O)NCC2(O)CCC(C)CC2)CC1. The van der Waals surface area contributed by atoms with Gasteiger partial charge < -0.3 is 10.4 Å². The van der Waals surface area contributed by atoms with Gasteiger partial charge in [-0.2, -0.15) is 0 Å². The van der Waals surface area contributed by atoms with Crippen molar-refractivity contribution in [2.45, 2.75) is 70.8 Å². The van der Waals surface area contributed by atoms with Crippen LogP contribution in [0.1, 0.15) is 65.2 Å². The molecule has 110 valence electrons. The molecule has 0 aromatic heterocycles. The smallest absolute Gasteiger partial charge is 0.223 e. The molecule has 2 saturated carbocycles. The molecule has 2 rings (SSSR count). The van der Waals surface area contributed by atoms with E-state index in [4.69, 9.17) is 0 Å². The van der Waals surface area contributed by atoms with E-state index in [0.29, 0.717) is 6.54 Å². The van der Waals surface area contributed by atoms with E-state index < -0.39 is 5.60 Å². The normalized spacial score (nSPS) is 39.8. The molecule has 2 N–H and O–H groups in total. The first-order valence-electron chi connectivity index (χ1n) is 7.98. The third-order valence-electron chi connectivity index (χ3n) is 5.18. The van der Waals surface area contributed by atoms with Gasteiger partial charge in [0.15, 0.2) is 0 Å². The summed E-state index contributed by atoms with van der Waals surface area (Å²) >= 11 is 0. The standard InChI is InChI=1S/C16H29NO2/c1-12-3-5-14(6-4-12)15(18)17-11-16(19)9-7-13(2)8-10-16/h12-14,19H,3-11H2,1-2H3,(H,17,18). The van der Waals surface area contributed by atoms with E-state index in [1.165, 1.54) is 12.8 Å². The molecular weight excluding hydrogens is 238 g/mol. The maximum absolute atomic E-state index is 12.1. The Morgan fingerprint density at radius 2 is 1.58 bits per heavy atom. The first kappa shape index (κ1) is 14.8. The van der Waals surface area contributed by atoms with Gasteiger partial charge in [0.25, 0.3) is 0 Å². The van der Waals surface area contributed by atoms with Crippen molar-refractivity contribution in [1.29, 1.82) is 0 Å². The summed E-state index contributed by atoms with van der Waals surface area (Å²) in [5.74, 6) is 1.84. The minimum absolute atomic E-state index is 0.166. The maximum atomic E-state index is 12.1. The number of hydrogen-bond acceptors (Lipinski definition) is 2. The molecular formula is C16H29NO2. The minimum atomic E-state index is -0.649. The zero-order valence-electron chi connectivity index (χ0n) is 12.5. The lowest BCUT2D eigenvalue weighted by Crippen LogP contribution is -2.46. The van der Waals surface area contributed by atoms with Gasteiger partial charge in [-0.3, -0.25) is 4.79 Å². The van der Waals surface area contributed by atoms with Crippen molar-refractivity contribution in [3.05, 3.63) is 0 Å². The summed E-state index contributed by atoms with van der Waals surface area (Å²) in [5.41, 5.74) is -0.649. The molecule has 2 aliphatic carbocycles. The Morgan fingerprint density at radius 1 is 1.05 bits per heavy atom. The summed E-state index contributed by atoms with van der Waals surface area (Å²) in [6.45, 7) is 4.95. The van der Waals surface area contributed by atoms with Crippen LogP contribution < -0.4 is 5.32 Å². The fourth-order valence-corrected chi connectivity index (χ4v) is 3.39. The molecule has 19 heavy (non-hydrogen) atoms. The van der Waals surface area contributed by atoms with Crippen LogP contribution in [0, 0.1) is 17.8 Å². The van der Waals surface area contributed by atoms with Crippen molar-refractivity contribution in [3.8, 4) is 0 Å². The maximum Gasteiger partial charge on any atom is 0.223 e. The van der Waals surface area contributed by atoms with E-state index in [0.717, 1.165) is 50.4 Å². The second-order valence-electron chi connectivity index (χ2n) is 7.08. The molecule has 3 heteroatoms. The largest absolute Gasteiger partial charge is 0.388 e. The number of carbonyl (C=O) groups excluding carboxylic acids is 1. The molecule has 2 fully saturated rings. The molecule has 0 aromatic carbocycles. The predicted molar refractivity (Wildman–Crippen MR) is 76.7 cm³/mol. The second kappa shape index (κ2) is 6.25. The average molecular weight is 267 g/mol. The fourth-order valence-electron chi connectivity index (χ4n) is 3.39. The molecule has 0 heterocycles. The predicted octanol–water partition coefficient (Wildman–Crippen LogP) is 2.87. The highest BCUT2D eigenvalue weighted by atomic mass is 16.3. The fraction of sp³-hybridized carbons (Fsp3) is 0.938. The summed E-state index contributed by atoms with van der Waals surface area (Å²) in [4.78, 5) is 12.1. The van der Waals surface area contributed by atoms with Crippen LogP contribution in [0.25, 0.3) is 0 Å². The number of carbonyl (C=O) groups is 1. The molecule has 0 saturated heterocycles. The van der Waals surface area contributed by atoms with Crippen molar-refractivity contribution >= 4 is 5.91 Å². The van der Waals surface area contributed by atoms with Gasteiger partial charge >= 0.3 is 0 Å². The van der Waals surface area contributed by atoms with Crippen LogP contribution in [-0.4, -0.2) is 23.2 Å². The first-order chi connectivity index (χ1) is 8.98. The third kappa shape index (κ3) is 4.20. The van der Waals surface area contributed by atoms with Crippen molar-refractivity contribution in [2.24, 2.45) is 17.8 Å². The molecule has 1 amide bonds. The molecule has 0 aliphatic heterocycles. The number of hydrogen-bond donors (Lipinski definition) is 2. The molecule has 0 bridgehead atoms. The topological polar surface area (TPSA) is 49.3 Å². The van der Waals surface area contributed by atoms with Crippen molar-refractivity contribution in [1.82, 2.24) is 5.32 Å². The third-order valence-corrected chi connectivity index (χ3v) is 5.18. The van der Waals surface area contributed by atoms with Gasteiger partial charge in [0.1, 0.15) is 0 Å². The van der Waals surface area contributed by atoms with Crippen LogP contribution in [-0.2, 0) is 4.79 Å². The highest BCUT2D eigenvalue weighted by molar-refractivity contribution is 5.78. The van der Waals surface area contributed by atoms with E-state index in [-0.39, 0.29) is 11.8 Å². The Kier molecular flexibility index (Phi) is 4.88. The molecule has 0 unspecified atom stereocenters. The Labute approximate surface area is 117 Å². The van der Waals surface area contributed by atoms with E-state index in [9.17, 15) is 9.90 Å². The monoisotopic (exact) mass is 267 g/mol. The lowest BCUT2D eigenvalue weighted by atomic mass is 9.79. The Hall–Kier alpha value is -0.570. The molecule has 0 radical (unpaired) electrons. The van der Waals surface area contributed by atoms with Crippen molar-refractivity contribution < 1.29 is 9.90 Å². The summed E-state index contributed by atoms with van der Waals surface area (Å²) < 4.78 is 0. The van der Waals surface area contributed by atoms with Crippen LogP contribution >= 0.6 is 0 Å². The second-order valence-corrected chi connectivity index (χ2v) is 7.08. The van der Waals surface area contributed by atoms with E-state index in [1.54, 1.807) is 0 Å². The van der Waals surface area contributed by atoms with Gasteiger partial charge in [-0.05, 0) is 63.2 Å². The van der Waals surface area contributed by atoms with Crippen LogP contribution in [0.3, 0.4) is 0 Å². The lowest BCUT2D eigenvalue weighted by molar-refractivity contribution is -0.127. The van der Waals surface area contributed by atoms with E-state index in [1.807, 2.05) is 0 Å². The molecule has 0 spiro atoms. The summed E-state index contributed by atoms with van der Waals surface area (Å²) in [5, 5.41) is 13.5. The van der Waals surface area contributed by atoms with Crippen LogP contribution in [0.4, 0.5) is 0 Å². The summed E-state index contributed by atoms with van der Waals surface area (Å²) in [7, 11) is 0. The van der Waals surface area contributed by atoms with Crippen LogP contribution in [0.5, 0.6) is 0 Å². The summed E-state index contributed by atoms with van der Waals surface area (Å²) in [6, 6.07) is 0. The number of amides is 1. The van der Waals surface area contributed by atoms with Crippen LogP contribution in [0.2, 0.25) is 0 Å². The average Bonchev–Trinajstić information content (AvgIpc) is 2.41. The highest BCUT2D eigenvalue weighted by Crippen LogP contribution is 2.32. The zero-order valence-corrected chi connectivity index (χ0v) is 12.5. The van der Waals surface area contributed by atoms with Gasteiger partial charge in [0, 0.05) is 12.5 Å². The minimum Gasteiger partial charge on any atom is -0.388 e. The highest BCUT2D eigenvalue weighted by Gasteiger charge is 2.33. The van der Waals surface area contributed by atoms with Gasteiger partial charge in [-0.25, -0.2) is 0 Å². The quantitative estimate of drug-likeness (QED) is 0.826. The van der Waals surface area contributed by atoms with E-state index >= 15 is 0 Å². The first-order valence-corrected chi connectivity index (χ1v) is 7.98. The zero-order chi connectivity index (χ0) is 13.9. The van der Waals surface area contributed by atoms with Crippen molar-refractivity contribution in [3.63, 3.8) is 0 Å². The van der Waals surface area contributed by atoms with Gasteiger partial charge in [-0.15, -0.1) is 0 Å². The number of nitrogens with one attached hydrogen (secondary N) is 1. The van der Waals surface area contributed by atoms with Gasteiger partial charge in [0.2, 0.25) is 5.91 Å².